The number of nitrogens with zero attached hydrogens (tertiary/aromatic N) is 2. The highest BCUT2D eigenvalue weighted by Crippen LogP contribution is 2.28. The molecule has 0 spiro atoms. The van der Waals surface area contributed by atoms with E-state index in [9.17, 15) is 14.4 Å². The number of aromatic amines is 1. The van der Waals surface area contributed by atoms with Crippen LogP contribution in [-0.2, 0) is 9.59 Å². The van der Waals surface area contributed by atoms with Crippen LogP contribution in [0, 0.1) is 0 Å². The van der Waals surface area contributed by atoms with Gasteiger partial charge in [0, 0.05) is 43.1 Å². The summed E-state index contributed by atoms with van der Waals surface area (Å²) >= 11 is 6.35. The number of aromatic nitrogens is 1. The van der Waals surface area contributed by atoms with Gasteiger partial charge < -0.3 is 20.1 Å². The molecule has 0 atom stereocenters. The Balaban J connectivity index is 1.40. The molecule has 7 nitrogen and oxygen atoms in total. The number of hydrogen-bond donors (Lipinski definition) is 2. The molecule has 1 saturated heterocycles. The van der Waals surface area contributed by atoms with Crippen LogP contribution in [-0.4, -0.2) is 64.7 Å². The summed E-state index contributed by atoms with van der Waals surface area (Å²) in [5, 5.41) is 3.92. The van der Waals surface area contributed by atoms with Crippen molar-refractivity contribution in [1.82, 2.24) is 20.1 Å². The van der Waals surface area contributed by atoms with Crippen LogP contribution in [0.2, 0.25) is 5.02 Å². The fourth-order valence-corrected chi connectivity index (χ4v) is 3.44. The second-order valence-electron chi connectivity index (χ2n) is 6.69. The minimum absolute atomic E-state index is 0.151. The molecule has 0 unspecified atom stereocenters. The van der Waals surface area contributed by atoms with Crippen molar-refractivity contribution in [3.8, 4) is 0 Å². The molecule has 4 rings (SSSR count). The van der Waals surface area contributed by atoms with Crippen LogP contribution < -0.4 is 5.32 Å². The summed E-state index contributed by atoms with van der Waals surface area (Å²) in [5.41, 5.74) is 1.17. The molecule has 2 aliphatic rings. The molecule has 3 amide bonds. The number of nitrogens with one attached hydrogen (secondary N) is 2. The average molecular weight is 375 g/mol. The molecule has 2 fully saturated rings. The zero-order valence-corrected chi connectivity index (χ0v) is 14.9. The van der Waals surface area contributed by atoms with E-state index < -0.39 is 11.8 Å². The SMILES string of the molecule is O=C(NC1CC1)C(=O)N1CCN(C(=O)c2[nH]c3ccccc3c2Cl)CC1. The molecular formula is C18H19ClN4O3. The van der Waals surface area contributed by atoms with E-state index in [2.05, 4.69) is 10.3 Å². The Morgan fingerprint density at radius 1 is 1.04 bits per heavy atom. The minimum atomic E-state index is -0.550. The smallest absolute Gasteiger partial charge is 0.312 e. The van der Waals surface area contributed by atoms with E-state index in [1.807, 2.05) is 24.3 Å². The topological polar surface area (TPSA) is 85.5 Å². The van der Waals surface area contributed by atoms with Crippen molar-refractivity contribution >= 4 is 40.2 Å². The number of fused-ring (bicyclic) bond motifs is 1. The number of halogens is 1. The number of H-pyrrole nitrogens is 1. The molecule has 8 heteroatoms. The van der Waals surface area contributed by atoms with E-state index in [0.29, 0.717) is 36.9 Å². The molecule has 1 aliphatic carbocycles. The van der Waals surface area contributed by atoms with Crippen molar-refractivity contribution in [2.45, 2.75) is 18.9 Å². The third-order valence-electron chi connectivity index (χ3n) is 4.82. The summed E-state index contributed by atoms with van der Waals surface area (Å²) < 4.78 is 0. The molecule has 1 saturated carbocycles. The van der Waals surface area contributed by atoms with Gasteiger partial charge in [0.05, 0.1) is 5.02 Å². The summed E-state index contributed by atoms with van der Waals surface area (Å²) in [5.74, 6) is -1.26. The highest BCUT2D eigenvalue weighted by molar-refractivity contribution is 6.38. The highest BCUT2D eigenvalue weighted by Gasteiger charge is 2.32. The first-order valence-electron chi connectivity index (χ1n) is 8.70. The Hall–Kier alpha value is -2.54. The number of benzene rings is 1. The average Bonchev–Trinajstić information content (AvgIpc) is 3.42. The van der Waals surface area contributed by atoms with Gasteiger partial charge in [-0.05, 0) is 18.9 Å². The quantitative estimate of drug-likeness (QED) is 0.779. The highest BCUT2D eigenvalue weighted by atomic mass is 35.5. The van der Waals surface area contributed by atoms with E-state index >= 15 is 0 Å². The maximum absolute atomic E-state index is 12.8. The van der Waals surface area contributed by atoms with Crippen molar-refractivity contribution in [1.29, 1.82) is 0 Å². The summed E-state index contributed by atoms with van der Waals surface area (Å²) in [6.45, 7) is 1.40. The molecule has 2 aromatic rings. The summed E-state index contributed by atoms with van der Waals surface area (Å²) in [7, 11) is 0. The molecule has 2 N–H and O–H groups in total. The zero-order chi connectivity index (χ0) is 18.3. The largest absolute Gasteiger partial charge is 0.349 e. The van der Waals surface area contributed by atoms with Crippen LogP contribution in [0.25, 0.3) is 10.9 Å². The van der Waals surface area contributed by atoms with Crippen molar-refractivity contribution in [2.24, 2.45) is 0 Å². The molecule has 1 aromatic heterocycles. The van der Waals surface area contributed by atoms with Gasteiger partial charge in [-0.2, -0.15) is 0 Å². The van der Waals surface area contributed by atoms with Gasteiger partial charge in [0.25, 0.3) is 5.91 Å². The van der Waals surface area contributed by atoms with Crippen LogP contribution in [0.3, 0.4) is 0 Å². The van der Waals surface area contributed by atoms with Gasteiger partial charge in [0.1, 0.15) is 5.69 Å². The van der Waals surface area contributed by atoms with Crippen molar-refractivity contribution < 1.29 is 14.4 Å². The maximum atomic E-state index is 12.8. The van der Waals surface area contributed by atoms with Crippen LogP contribution in [0.15, 0.2) is 24.3 Å². The first-order valence-corrected chi connectivity index (χ1v) is 9.07. The van der Waals surface area contributed by atoms with E-state index in [-0.39, 0.29) is 11.9 Å². The lowest BCUT2D eigenvalue weighted by Gasteiger charge is -2.34. The first kappa shape index (κ1) is 16.9. The van der Waals surface area contributed by atoms with Crippen LogP contribution >= 0.6 is 11.6 Å². The standard InChI is InChI=1S/C18H19ClN4O3/c19-14-12-3-1-2-4-13(12)21-15(14)17(25)22-7-9-23(10-8-22)18(26)16(24)20-11-5-6-11/h1-4,11,21H,5-10H2,(H,20,24). The number of hydrogen-bond acceptors (Lipinski definition) is 3. The Labute approximate surface area is 155 Å². The van der Waals surface area contributed by atoms with Gasteiger partial charge in [0.15, 0.2) is 0 Å². The number of rotatable bonds is 2. The molecule has 1 aliphatic heterocycles. The first-order chi connectivity index (χ1) is 12.5. The monoisotopic (exact) mass is 374 g/mol. The second-order valence-corrected chi connectivity index (χ2v) is 7.07. The maximum Gasteiger partial charge on any atom is 0.312 e. The van der Waals surface area contributed by atoms with Crippen LogP contribution in [0.5, 0.6) is 0 Å². The number of para-hydroxylation sites is 1. The predicted molar refractivity (Wildman–Crippen MR) is 97.0 cm³/mol. The van der Waals surface area contributed by atoms with E-state index in [1.54, 1.807) is 4.90 Å². The fraction of sp³-hybridized carbons (Fsp3) is 0.389. The molecular weight excluding hydrogens is 356 g/mol. The number of piperazine rings is 1. The Kier molecular flexibility index (Phi) is 4.32. The van der Waals surface area contributed by atoms with Crippen LogP contribution in [0.4, 0.5) is 0 Å². The van der Waals surface area contributed by atoms with E-state index in [1.165, 1.54) is 4.90 Å². The van der Waals surface area contributed by atoms with Gasteiger partial charge in [0.2, 0.25) is 0 Å². The van der Waals surface area contributed by atoms with Crippen molar-refractivity contribution in [3.05, 3.63) is 35.0 Å². The number of carbonyl (C=O) groups is 3. The molecule has 0 radical (unpaired) electrons. The minimum Gasteiger partial charge on any atom is -0.349 e. The normalized spacial score (nSPS) is 17.4. The third-order valence-corrected chi connectivity index (χ3v) is 5.21. The molecule has 136 valence electrons. The lowest BCUT2D eigenvalue weighted by atomic mass is 10.2. The third kappa shape index (κ3) is 3.14. The fourth-order valence-electron chi connectivity index (χ4n) is 3.14. The van der Waals surface area contributed by atoms with Gasteiger partial charge in [-0.25, -0.2) is 0 Å². The predicted octanol–water partition coefficient (Wildman–Crippen LogP) is 1.38. The lowest BCUT2D eigenvalue weighted by molar-refractivity contribution is -0.146. The molecule has 2 heterocycles. The van der Waals surface area contributed by atoms with Crippen molar-refractivity contribution in [2.75, 3.05) is 26.2 Å². The van der Waals surface area contributed by atoms with Gasteiger partial charge in [-0.3, -0.25) is 14.4 Å². The van der Waals surface area contributed by atoms with Crippen molar-refractivity contribution in [3.63, 3.8) is 0 Å². The number of amides is 3. The Bertz CT molecular complexity index is 882. The second kappa shape index (κ2) is 6.64. The lowest BCUT2D eigenvalue weighted by Crippen LogP contribution is -2.54. The van der Waals surface area contributed by atoms with E-state index in [0.717, 1.165) is 23.7 Å². The van der Waals surface area contributed by atoms with Gasteiger partial charge in [-0.15, -0.1) is 0 Å². The molecule has 1 aromatic carbocycles. The number of carbonyl (C=O) groups excluding carboxylic acids is 3. The summed E-state index contributed by atoms with van der Waals surface area (Å²) in [6.07, 6.45) is 1.87. The zero-order valence-electron chi connectivity index (χ0n) is 14.1. The Morgan fingerprint density at radius 3 is 2.35 bits per heavy atom. The molecule has 0 bridgehead atoms. The van der Waals surface area contributed by atoms with E-state index in [4.69, 9.17) is 11.6 Å². The Morgan fingerprint density at radius 2 is 1.69 bits per heavy atom. The van der Waals surface area contributed by atoms with Crippen LogP contribution in [0.1, 0.15) is 23.3 Å². The van der Waals surface area contributed by atoms with Gasteiger partial charge >= 0.3 is 11.8 Å². The summed E-state index contributed by atoms with van der Waals surface area (Å²) in [6, 6.07) is 7.62. The molecule has 26 heavy (non-hydrogen) atoms. The summed E-state index contributed by atoms with van der Waals surface area (Å²) in [4.78, 5) is 43.0. The van der Waals surface area contributed by atoms with Gasteiger partial charge in [-0.1, -0.05) is 29.8 Å².